The van der Waals surface area contributed by atoms with Gasteiger partial charge in [0.2, 0.25) is 0 Å². The van der Waals surface area contributed by atoms with Crippen molar-refractivity contribution in [2.45, 2.75) is 57.4 Å². The largest absolute Gasteiger partial charge is 0.349 e. The minimum atomic E-state index is 0.0365. The lowest BCUT2D eigenvalue weighted by atomic mass is 9.83. The van der Waals surface area contributed by atoms with Crippen LogP contribution < -0.4 is 5.32 Å². The number of carbonyl (C=O) groups is 1. The number of nitrogens with one attached hydrogen (secondary N) is 1. The maximum absolute atomic E-state index is 12.4. The molecule has 1 atom stereocenters. The van der Waals surface area contributed by atoms with Crippen LogP contribution in [-0.2, 0) is 5.88 Å². The Balaban J connectivity index is 2.00. The molecule has 0 aliphatic heterocycles. The van der Waals surface area contributed by atoms with Crippen LogP contribution in [-0.4, -0.2) is 11.9 Å². The summed E-state index contributed by atoms with van der Waals surface area (Å²) in [7, 11) is 0. The van der Waals surface area contributed by atoms with Gasteiger partial charge in [-0.25, -0.2) is 0 Å². The molecule has 110 valence electrons. The van der Waals surface area contributed by atoms with E-state index in [0.717, 1.165) is 17.5 Å². The van der Waals surface area contributed by atoms with Crippen LogP contribution in [0.3, 0.4) is 0 Å². The summed E-state index contributed by atoms with van der Waals surface area (Å²) < 4.78 is 0. The molecule has 1 aromatic rings. The normalized spacial score (nSPS) is 17.7. The molecule has 0 saturated heterocycles. The van der Waals surface area contributed by atoms with Gasteiger partial charge in [0.15, 0.2) is 0 Å². The fraction of sp³-hybridized carbons (Fsp3) is 0.588. The molecule has 1 amide bonds. The lowest BCUT2D eigenvalue weighted by molar-refractivity contribution is 0.0911. The average Bonchev–Trinajstić information content (AvgIpc) is 2.53. The van der Waals surface area contributed by atoms with E-state index in [-0.39, 0.29) is 5.91 Å². The van der Waals surface area contributed by atoms with E-state index < -0.39 is 0 Å². The van der Waals surface area contributed by atoms with Crippen molar-refractivity contribution in [3.05, 3.63) is 35.4 Å². The fourth-order valence-electron chi connectivity index (χ4n) is 3.14. The van der Waals surface area contributed by atoms with Crippen molar-refractivity contribution in [3.63, 3.8) is 0 Å². The van der Waals surface area contributed by atoms with Crippen LogP contribution >= 0.6 is 11.6 Å². The van der Waals surface area contributed by atoms with Crippen LogP contribution in [0.25, 0.3) is 0 Å². The second kappa shape index (κ2) is 7.68. The Morgan fingerprint density at radius 2 is 2.10 bits per heavy atom. The number of amides is 1. The quantitative estimate of drug-likeness (QED) is 0.795. The van der Waals surface area contributed by atoms with Gasteiger partial charge in [-0.05, 0) is 42.9 Å². The van der Waals surface area contributed by atoms with Crippen molar-refractivity contribution in [1.82, 2.24) is 5.32 Å². The van der Waals surface area contributed by atoms with E-state index in [1.165, 1.54) is 32.1 Å². The summed E-state index contributed by atoms with van der Waals surface area (Å²) in [5, 5.41) is 3.22. The third-order valence-electron chi connectivity index (χ3n) is 4.32. The molecule has 20 heavy (non-hydrogen) atoms. The van der Waals surface area contributed by atoms with E-state index in [9.17, 15) is 4.79 Å². The van der Waals surface area contributed by atoms with Gasteiger partial charge >= 0.3 is 0 Å². The third-order valence-corrected chi connectivity index (χ3v) is 4.63. The van der Waals surface area contributed by atoms with Crippen molar-refractivity contribution in [1.29, 1.82) is 0 Å². The lowest BCUT2D eigenvalue weighted by Crippen LogP contribution is -2.40. The Morgan fingerprint density at radius 3 is 2.75 bits per heavy atom. The molecule has 1 N–H and O–H groups in total. The number of halogens is 1. The lowest BCUT2D eigenvalue weighted by Gasteiger charge is -2.30. The van der Waals surface area contributed by atoms with E-state index >= 15 is 0 Å². The van der Waals surface area contributed by atoms with Crippen LogP contribution in [0.1, 0.15) is 61.4 Å². The predicted octanol–water partition coefficient (Wildman–Crippen LogP) is 4.51. The predicted molar refractivity (Wildman–Crippen MR) is 84.1 cm³/mol. The fourth-order valence-corrected chi connectivity index (χ4v) is 3.30. The number of carbonyl (C=O) groups excluding carboxylic acids is 1. The van der Waals surface area contributed by atoms with Crippen molar-refractivity contribution < 1.29 is 4.79 Å². The molecule has 0 radical (unpaired) electrons. The van der Waals surface area contributed by atoms with Gasteiger partial charge in [-0.15, -0.1) is 11.6 Å². The van der Waals surface area contributed by atoms with Gasteiger partial charge in [0.25, 0.3) is 5.91 Å². The van der Waals surface area contributed by atoms with Crippen molar-refractivity contribution >= 4 is 17.5 Å². The molecule has 1 aliphatic carbocycles. The van der Waals surface area contributed by atoms with Crippen LogP contribution in [0.5, 0.6) is 0 Å². The van der Waals surface area contributed by atoms with Crippen LogP contribution in [0.15, 0.2) is 24.3 Å². The van der Waals surface area contributed by atoms with Crippen LogP contribution in [0.2, 0.25) is 0 Å². The number of hydrogen-bond donors (Lipinski definition) is 1. The van der Waals surface area contributed by atoms with Gasteiger partial charge in [-0.3, -0.25) is 4.79 Å². The summed E-state index contributed by atoms with van der Waals surface area (Å²) in [5.74, 6) is 1.13. The van der Waals surface area contributed by atoms with Gasteiger partial charge in [-0.2, -0.15) is 0 Å². The van der Waals surface area contributed by atoms with Crippen LogP contribution in [0.4, 0.5) is 0 Å². The van der Waals surface area contributed by atoms with E-state index in [0.29, 0.717) is 17.8 Å². The summed E-state index contributed by atoms with van der Waals surface area (Å²) in [6.07, 6.45) is 7.46. The Hall–Kier alpha value is -1.02. The van der Waals surface area contributed by atoms with Crippen molar-refractivity contribution in [2.75, 3.05) is 0 Å². The molecule has 1 aliphatic rings. The second-order valence-electron chi connectivity index (χ2n) is 5.72. The number of benzene rings is 1. The highest BCUT2D eigenvalue weighted by atomic mass is 35.5. The van der Waals surface area contributed by atoms with Gasteiger partial charge in [0, 0.05) is 17.5 Å². The van der Waals surface area contributed by atoms with Gasteiger partial charge < -0.3 is 5.32 Å². The summed E-state index contributed by atoms with van der Waals surface area (Å²) in [4.78, 5) is 12.4. The minimum Gasteiger partial charge on any atom is -0.349 e. The van der Waals surface area contributed by atoms with Crippen molar-refractivity contribution in [2.24, 2.45) is 5.92 Å². The maximum Gasteiger partial charge on any atom is 0.251 e. The molecule has 1 fully saturated rings. The first-order chi connectivity index (χ1) is 9.74. The highest BCUT2D eigenvalue weighted by Crippen LogP contribution is 2.27. The molecule has 0 heterocycles. The zero-order valence-electron chi connectivity index (χ0n) is 12.2. The first-order valence-corrected chi connectivity index (χ1v) is 8.23. The standard InChI is InChI=1S/C17H24ClNO/c1-2-16(14-8-4-3-5-9-14)19-17(20)15-10-6-7-13(11-15)12-18/h6-7,10-11,14,16H,2-5,8-9,12H2,1H3,(H,19,20). The van der Waals surface area contributed by atoms with Crippen LogP contribution in [0, 0.1) is 5.92 Å². The third kappa shape index (κ3) is 3.99. The monoisotopic (exact) mass is 293 g/mol. The molecule has 3 heteroatoms. The Bertz CT molecular complexity index is 440. The molecule has 0 aromatic heterocycles. The molecule has 0 spiro atoms. The summed E-state index contributed by atoms with van der Waals surface area (Å²) in [6, 6.07) is 7.90. The second-order valence-corrected chi connectivity index (χ2v) is 5.99. The molecule has 1 saturated carbocycles. The minimum absolute atomic E-state index is 0.0365. The van der Waals surface area contributed by atoms with Gasteiger partial charge in [0.05, 0.1) is 0 Å². The molecular weight excluding hydrogens is 270 g/mol. The van der Waals surface area contributed by atoms with E-state index in [1.54, 1.807) is 0 Å². The van der Waals surface area contributed by atoms with Gasteiger partial charge in [-0.1, -0.05) is 38.3 Å². The van der Waals surface area contributed by atoms with Crippen molar-refractivity contribution in [3.8, 4) is 0 Å². The zero-order valence-corrected chi connectivity index (χ0v) is 13.0. The number of hydrogen-bond acceptors (Lipinski definition) is 1. The molecule has 2 nitrogen and oxygen atoms in total. The summed E-state index contributed by atoms with van der Waals surface area (Å²) >= 11 is 5.83. The molecule has 2 rings (SSSR count). The number of rotatable bonds is 5. The molecular formula is C17H24ClNO. The SMILES string of the molecule is CCC(NC(=O)c1cccc(CCl)c1)C1CCCCC1. The average molecular weight is 294 g/mol. The summed E-state index contributed by atoms with van der Waals surface area (Å²) in [6.45, 7) is 2.16. The Morgan fingerprint density at radius 1 is 1.35 bits per heavy atom. The summed E-state index contributed by atoms with van der Waals surface area (Å²) in [5.41, 5.74) is 1.71. The molecule has 1 aromatic carbocycles. The molecule has 1 unspecified atom stereocenters. The zero-order chi connectivity index (χ0) is 14.4. The van der Waals surface area contributed by atoms with Gasteiger partial charge in [0.1, 0.15) is 0 Å². The van der Waals surface area contributed by atoms with E-state index in [2.05, 4.69) is 12.2 Å². The first kappa shape index (κ1) is 15.4. The smallest absolute Gasteiger partial charge is 0.251 e. The number of alkyl halides is 1. The Labute approximate surface area is 126 Å². The topological polar surface area (TPSA) is 29.1 Å². The highest BCUT2D eigenvalue weighted by molar-refractivity contribution is 6.17. The van der Waals surface area contributed by atoms with E-state index in [4.69, 9.17) is 11.6 Å². The van der Waals surface area contributed by atoms with E-state index in [1.807, 2.05) is 24.3 Å². The maximum atomic E-state index is 12.4. The first-order valence-electron chi connectivity index (χ1n) is 7.70. The highest BCUT2D eigenvalue weighted by Gasteiger charge is 2.24. The Kier molecular flexibility index (Phi) is 5.90. The molecule has 0 bridgehead atoms.